The highest BCUT2D eigenvalue weighted by atomic mass is 35.5. The zero-order valence-corrected chi connectivity index (χ0v) is 15.7. The Morgan fingerprint density at radius 3 is 2.61 bits per heavy atom. The molecule has 138 valence electrons. The van der Waals surface area contributed by atoms with Crippen molar-refractivity contribution in [1.29, 1.82) is 0 Å². The van der Waals surface area contributed by atoms with Crippen LogP contribution in [0.2, 0.25) is 5.02 Å². The maximum Gasteiger partial charge on any atom is 0.244 e. The molecule has 0 spiro atoms. The number of amides is 1. The normalized spacial score (nSPS) is 11.2. The van der Waals surface area contributed by atoms with Gasteiger partial charge in [0.1, 0.15) is 11.5 Å². The van der Waals surface area contributed by atoms with E-state index in [-0.39, 0.29) is 12.3 Å². The van der Waals surface area contributed by atoms with Crippen LogP contribution in [0.4, 0.5) is 0 Å². The van der Waals surface area contributed by atoms with Gasteiger partial charge in [-0.05, 0) is 52.7 Å². The van der Waals surface area contributed by atoms with E-state index in [2.05, 4.69) is 10.5 Å². The molecule has 3 aromatic carbocycles. The number of carbonyl (C=O) groups excluding carboxylic acids is 1. The average molecular weight is 389 g/mol. The van der Waals surface area contributed by atoms with Crippen molar-refractivity contribution >= 4 is 34.5 Å². The molecule has 1 heterocycles. The Bertz CT molecular complexity index is 1140. The Hall–Kier alpha value is -3.37. The fourth-order valence-corrected chi connectivity index (χ4v) is 3.14. The van der Waals surface area contributed by atoms with Gasteiger partial charge in [-0.3, -0.25) is 4.79 Å². The molecule has 0 unspecified atom stereocenters. The van der Waals surface area contributed by atoms with Gasteiger partial charge in [0.25, 0.3) is 0 Å². The topological polar surface area (TPSA) is 54.6 Å². The third-order valence-corrected chi connectivity index (χ3v) is 4.62. The number of halogens is 1. The predicted molar refractivity (Wildman–Crippen MR) is 113 cm³/mol. The van der Waals surface area contributed by atoms with Gasteiger partial charge in [-0.15, -0.1) is 0 Å². The molecule has 0 saturated carbocycles. The van der Waals surface area contributed by atoms with E-state index in [4.69, 9.17) is 16.0 Å². The molecule has 0 radical (unpaired) electrons. The number of nitrogens with one attached hydrogen (secondary N) is 1. The molecule has 0 bridgehead atoms. The summed E-state index contributed by atoms with van der Waals surface area (Å²) < 4.78 is 5.72. The van der Waals surface area contributed by atoms with E-state index in [0.717, 1.165) is 21.9 Å². The van der Waals surface area contributed by atoms with E-state index < -0.39 is 0 Å². The molecular formula is C23H17ClN2O2. The van der Waals surface area contributed by atoms with Crippen molar-refractivity contribution in [2.24, 2.45) is 5.10 Å². The largest absolute Gasteiger partial charge is 0.455 e. The summed E-state index contributed by atoms with van der Waals surface area (Å²) in [6, 6.07) is 25.0. The molecule has 0 atom stereocenters. The monoisotopic (exact) mass is 388 g/mol. The summed E-state index contributed by atoms with van der Waals surface area (Å²) in [7, 11) is 0. The molecule has 0 saturated heterocycles. The van der Waals surface area contributed by atoms with E-state index in [0.29, 0.717) is 16.5 Å². The molecule has 1 amide bonds. The van der Waals surface area contributed by atoms with Gasteiger partial charge in [-0.25, -0.2) is 5.43 Å². The second-order valence-corrected chi connectivity index (χ2v) is 6.75. The molecule has 0 fully saturated rings. The first-order chi connectivity index (χ1) is 13.7. The van der Waals surface area contributed by atoms with Gasteiger partial charge in [0.2, 0.25) is 5.91 Å². The number of benzene rings is 3. The number of carbonyl (C=O) groups is 1. The Morgan fingerprint density at radius 1 is 0.964 bits per heavy atom. The Kier molecular flexibility index (Phi) is 5.22. The lowest BCUT2D eigenvalue weighted by Gasteiger charge is -2.05. The number of hydrogen-bond donors (Lipinski definition) is 1. The molecular weight excluding hydrogens is 372 g/mol. The van der Waals surface area contributed by atoms with Crippen LogP contribution in [0.3, 0.4) is 0 Å². The van der Waals surface area contributed by atoms with Crippen LogP contribution in [0.15, 0.2) is 88.4 Å². The fourth-order valence-electron chi connectivity index (χ4n) is 3.02. The van der Waals surface area contributed by atoms with Crippen LogP contribution in [0.5, 0.6) is 0 Å². The molecule has 0 aliphatic heterocycles. The molecule has 5 heteroatoms. The fraction of sp³-hybridized carbons (Fsp3) is 0.0435. The zero-order chi connectivity index (χ0) is 19.3. The van der Waals surface area contributed by atoms with Crippen LogP contribution in [-0.4, -0.2) is 12.1 Å². The van der Waals surface area contributed by atoms with Crippen LogP contribution < -0.4 is 5.43 Å². The number of furan rings is 1. The summed E-state index contributed by atoms with van der Waals surface area (Å²) in [6.07, 6.45) is 1.74. The van der Waals surface area contributed by atoms with E-state index in [1.165, 1.54) is 6.21 Å². The summed E-state index contributed by atoms with van der Waals surface area (Å²) in [5.74, 6) is 1.08. The molecule has 4 nitrogen and oxygen atoms in total. The van der Waals surface area contributed by atoms with Gasteiger partial charge in [-0.2, -0.15) is 5.10 Å². The van der Waals surface area contributed by atoms with Gasteiger partial charge in [0, 0.05) is 10.6 Å². The van der Waals surface area contributed by atoms with Crippen LogP contribution in [0.25, 0.3) is 22.1 Å². The number of rotatable bonds is 5. The maximum absolute atomic E-state index is 12.2. The summed E-state index contributed by atoms with van der Waals surface area (Å²) in [5.41, 5.74) is 4.44. The van der Waals surface area contributed by atoms with Gasteiger partial charge in [0.15, 0.2) is 0 Å². The molecule has 1 aromatic heterocycles. The lowest BCUT2D eigenvalue weighted by molar-refractivity contribution is -0.120. The summed E-state index contributed by atoms with van der Waals surface area (Å²) in [4.78, 5) is 12.2. The first-order valence-electron chi connectivity index (χ1n) is 8.83. The van der Waals surface area contributed by atoms with Crippen molar-refractivity contribution in [3.63, 3.8) is 0 Å². The molecule has 1 N–H and O–H groups in total. The van der Waals surface area contributed by atoms with Gasteiger partial charge >= 0.3 is 0 Å². The second kappa shape index (κ2) is 8.11. The van der Waals surface area contributed by atoms with E-state index in [9.17, 15) is 4.79 Å². The van der Waals surface area contributed by atoms with Crippen molar-refractivity contribution in [3.8, 4) is 11.3 Å². The van der Waals surface area contributed by atoms with Crippen LogP contribution in [-0.2, 0) is 11.2 Å². The second-order valence-electron chi connectivity index (χ2n) is 6.32. The van der Waals surface area contributed by atoms with E-state index in [1.807, 2.05) is 60.7 Å². The van der Waals surface area contributed by atoms with Gasteiger partial charge < -0.3 is 4.42 Å². The highest BCUT2D eigenvalue weighted by molar-refractivity contribution is 6.30. The van der Waals surface area contributed by atoms with Crippen LogP contribution >= 0.6 is 11.6 Å². The summed E-state index contributed by atoms with van der Waals surface area (Å²) in [6.45, 7) is 0. The Morgan fingerprint density at radius 2 is 1.75 bits per heavy atom. The zero-order valence-electron chi connectivity index (χ0n) is 14.9. The molecule has 0 aliphatic rings. The smallest absolute Gasteiger partial charge is 0.244 e. The number of nitrogens with zero attached hydrogens (tertiary/aromatic N) is 1. The standard InChI is InChI=1S/C23H17ClN2O2/c24-19-10-8-17(9-11-19)22-13-12-20(28-22)15-25-26-23(27)14-18-6-3-5-16-4-1-2-7-21(16)18/h1-13,15H,14H2,(H,26,27)/b25-15-. The lowest BCUT2D eigenvalue weighted by atomic mass is 10.0. The minimum atomic E-state index is -0.183. The van der Waals surface area contributed by atoms with E-state index >= 15 is 0 Å². The van der Waals surface area contributed by atoms with Crippen molar-refractivity contribution in [2.45, 2.75) is 6.42 Å². The van der Waals surface area contributed by atoms with Crippen LogP contribution in [0, 0.1) is 0 Å². The van der Waals surface area contributed by atoms with E-state index in [1.54, 1.807) is 18.2 Å². The number of hydrogen-bond acceptors (Lipinski definition) is 3. The molecule has 0 aliphatic carbocycles. The Labute approximate surface area is 167 Å². The maximum atomic E-state index is 12.2. The predicted octanol–water partition coefficient (Wildman–Crippen LogP) is 5.45. The first kappa shape index (κ1) is 18.0. The van der Waals surface area contributed by atoms with Crippen LogP contribution in [0.1, 0.15) is 11.3 Å². The quantitative estimate of drug-likeness (QED) is 0.365. The SMILES string of the molecule is O=C(Cc1cccc2ccccc12)N/N=C\c1ccc(-c2ccc(Cl)cc2)o1. The number of hydrazone groups is 1. The molecule has 4 rings (SSSR count). The summed E-state index contributed by atoms with van der Waals surface area (Å²) in [5, 5.41) is 6.86. The number of fused-ring (bicyclic) bond motifs is 1. The third kappa shape index (κ3) is 4.13. The lowest BCUT2D eigenvalue weighted by Crippen LogP contribution is -2.19. The minimum Gasteiger partial charge on any atom is -0.455 e. The first-order valence-corrected chi connectivity index (χ1v) is 9.21. The third-order valence-electron chi connectivity index (χ3n) is 4.37. The Balaban J connectivity index is 1.39. The molecule has 28 heavy (non-hydrogen) atoms. The van der Waals surface area contributed by atoms with Crippen molar-refractivity contribution in [1.82, 2.24) is 5.43 Å². The minimum absolute atomic E-state index is 0.183. The van der Waals surface area contributed by atoms with Gasteiger partial charge in [-0.1, -0.05) is 54.1 Å². The van der Waals surface area contributed by atoms with Crippen molar-refractivity contribution in [2.75, 3.05) is 0 Å². The molecule has 4 aromatic rings. The highest BCUT2D eigenvalue weighted by Crippen LogP contribution is 2.23. The van der Waals surface area contributed by atoms with Crippen molar-refractivity contribution in [3.05, 3.63) is 95.2 Å². The average Bonchev–Trinajstić information content (AvgIpc) is 3.18. The highest BCUT2D eigenvalue weighted by Gasteiger charge is 2.07. The summed E-state index contributed by atoms with van der Waals surface area (Å²) >= 11 is 5.90. The van der Waals surface area contributed by atoms with Crippen molar-refractivity contribution < 1.29 is 9.21 Å². The van der Waals surface area contributed by atoms with Gasteiger partial charge in [0.05, 0.1) is 12.6 Å².